The van der Waals surface area contributed by atoms with E-state index in [9.17, 15) is 19.5 Å². The van der Waals surface area contributed by atoms with Gasteiger partial charge in [-0.3, -0.25) is 9.59 Å². The fourth-order valence-corrected chi connectivity index (χ4v) is 3.01. The van der Waals surface area contributed by atoms with Crippen molar-refractivity contribution in [3.05, 3.63) is 64.6 Å². The van der Waals surface area contributed by atoms with Crippen molar-refractivity contribution in [3.8, 4) is 5.75 Å². The number of phenols is 1. The number of phenolic OH excluding ortho intramolecular Hbond substituents is 1. The molecular formula is C17H11NO5S. The molecule has 1 fully saturated rings. The molecule has 2 aromatic rings. The number of nitrogens with zero attached hydrogens (tertiary/aromatic N) is 1. The Labute approximate surface area is 141 Å². The highest BCUT2D eigenvalue weighted by atomic mass is 32.2. The molecule has 0 radical (unpaired) electrons. The standard InChI is InChI=1S/C17H11NO5S/c19-13-7-5-12(6-8-13)18-15(20)14(24-17(18)23)9-10-1-3-11(4-2-10)16(21)22/h1-9,19H,(H,21,22)/b14-9+. The highest BCUT2D eigenvalue weighted by molar-refractivity contribution is 8.19. The van der Waals surface area contributed by atoms with Crippen LogP contribution in [0.5, 0.6) is 5.75 Å². The first-order valence-corrected chi connectivity index (χ1v) is 7.68. The number of hydrogen-bond donors (Lipinski definition) is 2. The van der Waals surface area contributed by atoms with Crippen LogP contribution in [-0.2, 0) is 4.79 Å². The normalized spacial score (nSPS) is 16.0. The molecule has 24 heavy (non-hydrogen) atoms. The number of aromatic carboxylic acids is 1. The summed E-state index contributed by atoms with van der Waals surface area (Å²) in [5, 5.41) is 17.7. The summed E-state index contributed by atoms with van der Waals surface area (Å²) in [5.74, 6) is -1.45. The van der Waals surface area contributed by atoms with E-state index in [1.807, 2.05) is 0 Å². The molecular weight excluding hydrogens is 330 g/mol. The van der Waals surface area contributed by atoms with Gasteiger partial charge in [0.1, 0.15) is 5.75 Å². The Kier molecular flexibility index (Phi) is 4.09. The van der Waals surface area contributed by atoms with Crippen LogP contribution in [0, 0.1) is 0 Å². The maximum Gasteiger partial charge on any atom is 0.335 e. The predicted molar refractivity (Wildman–Crippen MR) is 90.0 cm³/mol. The predicted octanol–water partition coefficient (Wildman–Crippen LogP) is 3.33. The van der Waals surface area contributed by atoms with Gasteiger partial charge in [0.15, 0.2) is 0 Å². The number of carbonyl (C=O) groups is 3. The molecule has 0 spiro atoms. The largest absolute Gasteiger partial charge is 0.508 e. The van der Waals surface area contributed by atoms with E-state index in [-0.39, 0.29) is 16.2 Å². The lowest BCUT2D eigenvalue weighted by molar-refractivity contribution is -0.113. The van der Waals surface area contributed by atoms with Crippen molar-refractivity contribution in [1.82, 2.24) is 0 Å². The zero-order valence-corrected chi connectivity index (χ0v) is 13.0. The highest BCUT2D eigenvalue weighted by Crippen LogP contribution is 2.36. The fraction of sp³-hybridized carbons (Fsp3) is 0. The van der Waals surface area contributed by atoms with Crippen molar-refractivity contribution >= 4 is 40.6 Å². The molecule has 2 aromatic carbocycles. The smallest absolute Gasteiger partial charge is 0.335 e. The molecule has 0 atom stereocenters. The van der Waals surface area contributed by atoms with E-state index in [0.29, 0.717) is 11.3 Å². The second kappa shape index (κ2) is 6.21. The SMILES string of the molecule is O=C(O)c1ccc(/C=C2/SC(=O)N(c3ccc(O)cc3)C2=O)cc1. The van der Waals surface area contributed by atoms with Gasteiger partial charge in [-0.2, -0.15) is 0 Å². The molecule has 0 unspecified atom stereocenters. The van der Waals surface area contributed by atoms with E-state index in [0.717, 1.165) is 16.7 Å². The number of anilines is 1. The Morgan fingerprint density at radius 2 is 1.62 bits per heavy atom. The maximum atomic E-state index is 12.4. The van der Waals surface area contributed by atoms with Crippen LogP contribution in [0.15, 0.2) is 53.4 Å². The first-order valence-electron chi connectivity index (χ1n) is 6.86. The summed E-state index contributed by atoms with van der Waals surface area (Å²) < 4.78 is 0. The van der Waals surface area contributed by atoms with Crippen LogP contribution in [0.2, 0.25) is 0 Å². The second-order valence-electron chi connectivity index (χ2n) is 4.96. The third-order valence-electron chi connectivity index (χ3n) is 3.36. The maximum absolute atomic E-state index is 12.4. The van der Waals surface area contributed by atoms with E-state index in [2.05, 4.69) is 0 Å². The molecule has 0 saturated carbocycles. The third-order valence-corrected chi connectivity index (χ3v) is 4.23. The number of carboxylic acids is 1. The van der Waals surface area contributed by atoms with Crippen LogP contribution in [0.1, 0.15) is 15.9 Å². The van der Waals surface area contributed by atoms with Crippen LogP contribution in [0.4, 0.5) is 10.5 Å². The minimum Gasteiger partial charge on any atom is -0.508 e. The first kappa shape index (κ1) is 15.8. The zero-order valence-electron chi connectivity index (χ0n) is 12.2. The van der Waals surface area contributed by atoms with Crippen molar-refractivity contribution in [1.29, 1.82) is 0 Å². The lowest BCUT2D eigenvalue weighted by Gasteiger charge is -2.12. The Bertz CT molecular complexity index is 856. The van der Waals surface area contributed by atoms with E-state index in [4.69, 9.17) is 5.11 Å². The number of thioether (sulfide) groups is 1. The number of rotatable bonds is 3. The quantitative estimate of drug-likeness (QED) is 0.832. The highest BCUT2D eigenvalue weighted by Gasteiger charge is 2.36. The Balaban J connectivity index is 1.87. The number of amides is 2. The molecule has 7 heteroatoms. The molecule has 0 aromatic heterocycles. The molecule has 1 aliphatic rings. The average molecular weight is 341 g/mol. The lowest BCUT2D eigenvalue weighted by atomic mass is 10.1. The molecule has 1 heterocycles. The molecule has 6 nitrogen and oxygen atoms in total. The van der Waals surface area contributed by atoms with Gasteiger partial charge in [0, 0.05) is 0 Å². The molecule has 0 bridgehead atoms. The Morgan fingerprint density at radius 1 is 1.00 bits per heavy atom. The van der Waals surface area contributed by atoms with Gasteiger partial charge in [0.25, 0.3) is 11.1 Å². The first-order chi connectivity index (χ1) is 11.5. The van der Waals surface area contributed by atoms with Crippen molar-refractivity contribution in [2.75, 3.05) is 4.90 Å². The molecule has 3 rings (SSSR count). The van der Waals surface area contributed by atoms with Gasteiger partial charge in [-0.25, -0.2) is 9.69 Å². The van der Waals surface area contributed by atoms with Gasteiger partial charge in [-0.15, -0.1) is 0 Å². The van der Waals surface area contributed by atoms with Crippen molar-refractivity contribution in [3.63, 3.8) is 0 Å². The lowest BCUT2D eigenvalue weighted by Crippen LogP contribution is -2.27. The molecule has 0 aliphatic carbocycles. The van der Waals surface area contributed by atoms with Crippen molar-refractivity contribution < 1.29 is 24.6 Å². The number of benzene rings is 2. The van der Waals surface area contributed by atoms with E-state index >= 15 is 0 Å². The minimum absolute atomic E-state index is 0.0415. The Hall–Kier alpha value is -3.06. The van der Waals surface area contributed by atoms with E-state index in [1.54, 1.807) is 12.1 Å². The summed E-state index contributed by atoms with van der Waals surface area (Å²) in [6.07, 6.45) is 1.54. The Morgan fingerprint density at radius 3 is 2.21 bits per heavy atom. The number of aromatic hydroxyl groups is 1. The second-order valence-corrected chi connectivity index (χ2v) is 5.95. The van der Waals surface area contributed by atoms with E-state index < -0.39 is 17.1 Å². The zero-order chi connectivity index (χ0) is 17.3. The molecule has 1 saturated heterocycles. The van der Waals surface area contributed by atoms with Crippen LogP contribution >= 0.6 is 11.8 Å². The van der Waals surface area contributed by atoms with Crippen LogP contribution in [-0.4, -0.2) is 27.3 Å². The number of hydrogen-bond acceptors (Lipinski definition) is 5. The van der Waals surface area contributed by atoms with Crippen molar-refractivity contribution in [2.45, 2.75) is 0 Å². The van der Waals surface area contributed by atoms with Crippen LogP contribution < -0.4 is 4.90 Å². The van der Waals surface area contributed by atoms with Gasteiger partial charge in [-0.05, 0) is 59.8 Å². The summed E-state index contributed by atoms with van der Waals surface area (Å²) in [6.45, 7) is 0. The van der Waals surface area contributed by atoms with E-state index in [1.165, 1.54) is 42.5 Å². The van der Waals surface area contributed by atoms with Gasteiger partial charge < -0.3 is 10.2 Å². The molecule has 1 aliphatic heterocycles. The minimum atomic E-state index is -1.03. The molecule has 2 N–H and O–H groups in total. The summed E-state index contributed by atoms with van der Waals surface area (Å²) in [7, 11) is 0. The van der Waals surface area contributed by atoms with Crippen molar-refractivity contribution in [2.24, 2.45) is 0 Å². The number of carboxylic acid groups (broad SMARTS) is 1. The third kappa shape index (κ3) is 3.02. The summed E-state index contributed by atoms with van der Waals surface area (Å²) in [5.41, 5.74) is 1.14. The van der Waals surface area contributed by atoms with Crippen LogP contribution in [0.25, 0.3) is 6.08 Å². The van der Waals surface area contributed by atoms with Crippen LogP contribution in [0.3, 0.4) is 0 Å². The molecule has 2 amide bonds. The fourth-order valence-electron chi connectivity index (χ4n) is 2.17. The number of carbonyl (C=O) groups excluding carboxylic acids is 2. The van der Waals surface area contributed by atoms with Gasteiger partial charge in [0.2, 0.25) is 0 Å². The topological polar surface area (TPSA) is 94.9 Å². The molecule has 120 valence electrons. The van der Waals surface area contributed by atoms with Gasteiger partial charge in [-0.1, -0.05) is 12.1 Å². The summed E-state index contributed by atoms with van der Waals surface area (Å²) >= 11 is 0.806. The van der Waals surface area contributed by atoms with Gasteiger partial charge in [0.05, 0.1) is 16.2 Å². The monoisotopic (exact) mass is 341 g/mol. The summed E-state index contributed by atoms with van der Waals surface area (Å²) in [4.78, 5) is 36.6. The van der Waals surface area contributed by atoms with Gasteiger partial charge >= 0.3 is 5.97 Å². The number of imide groups is 1. The summed E-state index contributed by atoms with van der Waals surface area (Å²) in [6, 6.07) is 11.7. The average Bonchev–Trinajstić information content (AvgIpc) is 2.83.